The topological polar surface area (TPSA) is 26.0 Å². The number of hydrogen-bond acceptors (Lipinski definition) is 3. The third-order valence-electron chi connectivity index (χ3n) is 0.694. The van der Waals surface area contributed by atoms with Crippen molar-refractivity contribution in [1.29, 1.82) is 0 Å². The highest BCUT2D eigenvalue weighted by Crippen LogP contribution is 2.12. The van der Waals surface area contributed by atoms with Gasteiger partial charge in [-0.25, -0.2) is 0 Å². The molecule has 0 atom stereocenters. The first kappa shape index (κ1) is 5.98. The zero-order valence-corrected chi connectivity index (χ0v) is 5.58. The van der Waals surface area contributed by atoms with Gasteiger partial charge in [0.25, 0.3) is 0 Å². The first-order valence-electron chi connectivity index (χ1n) is 2.06. The van der Waals surface area contributed by atoms with Crippen molar-refractivity contribution < 1.29 is 4.52 Å². The molecule has 0 radical (unpaired) electrons. The Bertz CT molecular complexity index is 142. The van der Waals surface area contributed by atoms with Crippen LogP contribution in [0, 0.1) is 0 Å². The third kappa shape index (κ3) is 1.42. The van der Waals surface area contributed by atoms with Crippen LogP contribution in [0.2, 0.25) is 0 Å². The number of nitrogens with zero attached hydrogens (tertiary/aromatic N) is 1. The largest absolute Gasteiger partial charge is 0.364 e. The summed E-state index contributed by atoms with van der Waals surface area (Å²) in [5.74, 6) is 0.706. The van der Waals surface area contributed by atoms with Gasteiger partial charge in [-0.2, -0.15) is 0 Å². The van der Waals surface area contributed by atoms with E-state index in [2.05, 4.69) is 9.68 Å². The van der Waals surface area contributed by atoms with E-state index in [0.717, 1.165) is 5.69 Å². The average molecular weight is 150 g/mol. The van der Waals surface area contributed by atoms with Crippen LogP contribution in [-0.2, 0) is 5.75 Å². The molecular weight excluding hydrogens is 146 g/mol. The van der Waals surface area contributed by atoms with E-state index in [4.69, 9.17) is 10.7 Å². The van der Waals surface area contributed by atoms with Gasteiger partial charge >= 0.3 is 0 Å². The summed E-state index contributed by atoms with van der Waals surface area (Å²) in [6, 6.07) is 1.79. The number of aromatic nitrogens is 1. The van der Waals surface area contributed by atoms with Gasteiger partial charge in [-0.3, -0.25) is 0 Å². The lowest BCUT2D eigenvalue weighted by molar-refractivity contribution is 0.414. The Morgan fingerprint density at radius 1 is 1.88 bits per heavy atom. The van der Waals surface area contributed by atoms with Crippen LogP contribution in [-0.4, -0.2) is 5.16 Å². The fourth-order valence-corrected chi connectivity index (χ4v) is 0.964. The zero-order chi connectivity index (χ0) is 5.82. The van der Waals surface area contributed by atoms with Crippen molar-refractivity contribution in [2.24, 2.45) is 0 Å². The minimum Gasteiger partial charge on any atom is -0.364 e. The molecule has 0 unspecified atom stereocenters. The molecule has 4 heteroatoms. The van der Waals surface area contributed by atoms with Gasteiger partial charge in [-0.05, 0) is 21.7 Å². The molecule has 1 heterocycles. The maximum Gasteiger partial charge on any atom is 0.124 e. The summed E-state index contributed by atoms with van der Waals surface area (Å²) >= 11 is 0. The van der Waals surface area contributed by atoms with E-state index in [-0.39, 0.29) is 0 Å². The molecule has 0 aliphatic heterocycles. The fraction of sp³-hybridized carbons (Fsp3) is 0.250. The Morgan fingerprint density at radius 3 is 3.25 bits per heavy atom. The molecule has 0 fully saturated rings. The monoisotopic (exact) mass is 149 g/mol. The van der Waals surface area contributed by atoms with Crippen LogP contribution in [0.1, 0.15) is 5.69 Å². The lowest BCUT2D eigenvalue weighted by Gasteiger charge is -1.80. The Kier molecular flexibility index (Phi) is 2.24. The highest BCUT2D eigenvalue weighted by atomic mass is 35.7. The molecule has 0 aliphatic carbocycles. The van der Waals surface area contributed by atoms with Crippen molar-refractivity contribution in [3.63, 3.8) is 0 Å². The molecule has 0 bridgehead atoms. The van der Waals surface area contributed by atoms with Crippen molar-refractivity contribution >= 4 is 21.7 Å². The summed E-state index contributed by atoms with van der Waals surface area (Å²) < 4.78 is 4.55. The van der Waals surface area contributed by atoms with E-state index in [1.54, 1.807) is 6.07 Å². The molecular formula is C4H4ClNOS. The van der Waals surface area contributed by atoms with Crippen LogP contribution < -0.4 is 0 Å². The smallest absolute Gasteiger partial charge is 0.124 e. The number of halogens is 1. The van der Waals surface area contributed by atoms with Crippen molar-refractivity contribution in [3.05, 3.63) is 18.0 Å². The van der Waals surface area contributed by atoms with Crippen LogP contribution >= 0.6 is 21.7 Å². The first-order chi connectivity index (χ1) is 3.93. The molecule has 1 aromatic heterocycles. The third-order valence-corrected chi connectivity index (χ3v) is 1.43. The summed E-state index contributed by atoms with van der Waals surface area (Å²) in [5, 5.41) is 3.63. The van der Waals surface area contributed by atoms with Gasteiger partial charge in [0.15, 0.2) is 0 Å². The van der Waals surface area contributed by atoms with Gasteiger partial charge < -0.3 is 4.52 Å². The highest BCUT2D eigenvalue weighted by molar-refractivity contribution is 8.20. The molecule has 2 nitrogen and oxygen atoms in total. The minimum atomic E-state index is 0.706. The van der Waals surface area contributed by atoms with E-state index < -0.39 is 0 Å². The highest BCUT2D eigenvalue weighted by Gasteiger charge is 1.92. The van der Waals surface area contributed by atoms with Crippen LogP contribution in [0.4, 0.5) is 0 Å². The van der Waals surface area contributed by atoms with E-state index in [1.807, 2.05) is 0 Å². The molecule has 1 rings (SSSR count). The Labute approximate surface area is 55.7 Å². The van der Waals surface area contributed by atoms with E-state index in [0.29, 0.717) is 5.75 Å². The predicted molar refractivity (Wildman–Crippen MR) is 33.7 cm³/mol. The maximum absolute atomic E-state index is 5.33. The second-order valence-electron chi connectivity index (χ2n) is 1.24. The average Bonchev–Trinajstić information content (AvgIpc) is 2.19. The SMILES string of the molecule is ClSCc1ccon1. The molecule has 0 spiro atoms. The quantitative estimate of drug-likeness (QED) is 0.644. The first-order valence-corrected chi connectivity index (χ1v) is 3.87. The van der Waals surface area contributed by atoms with Gasteiger partial charge in [-0.15, -0.1) is 0 Å². The van der Waals surface area contributed by atoms with Gasteiger partial charge in [-0.1, -0.05) is 5.16 Å². The molecule has 0 aliphatic rings. The summed E-state index contributed by atoms with van der Waals surface area (Å²) in [7, 11) is 6.54. The Morgan fingerprint density at radius 2 is 2.75 bits per heavy atom. The summed E-state index contributed by atoms with van der Waals surface area (Å²) in [6.07, 6.45) is 1.53. The lowest BCUT2D eigenvalue weighted by Crippen LogP contribution is -1.72. The predicted octanol–water partition coefficient (Wildman–Crippen LogP) is 2.06. The molecule has 8 heavy (non-hydrogen) atoms. The fourth-order valence-electron chi connectivity index (χ4n) is 0.368. The molecule has 0 saturated heterocycles. The maximum atomic E-state index is 5.33. The van der Waals surface area contributed by atoms with Crippen molar-refractivity contribution in [2.45, 2.75) is 5.75 Å². The number of hydrogen-bond donors (Lipinski definition) is 0. The van der Waals surface area contributed by atoms with E-state index >= 15 is 0 Å². The second kappa shape index (κ2) is 2.99. The van der Waals surface area contributed by atoms with Crippen molar-refractivity contribution in [1.82, 2.24) is 5.16 Å². The van der Waals surface area contributed by atoms with Crippen LogP contribution in [0.3, 0.4) is 0 Å². The number of rotatable bonds is 2. The Hall–Kier alpha value is -0.150. The standard InChI is InChI=1S/C4H4ClNOS/c5-8-3-4-1-2-7-6-4/h1-2H,3H2. The van der Waals surface area contributed by atoms with Crippen LogP contribution in [0.25, 0.3) is 0 Å². The van der Waals surface area contributed by atoms with E-state index in [1.165, 1.54) is 17.2 Å². The molecule has 0 saturated carbocycles. The molecule has 0 N–H and O–H groups in total. The summed E-state index contributed by atoms with van der Waals surface area (Å²) in [6.45, 7) is 0. The summed E-state index contributed by atoms with van der Waals surface area (Å²) in [4.78, 5) is 0. The van der Waals surface area contributed by atoms with Crippen LogP contribution in [0.15, 0.2) is 16.9 Å². The molecule has 1 aromatic rings. The molecule has 0 aromatic carbocycles. The molecule has 44 valence electrons. The van der Waals surface area contributed by atoms with Gasteiger partial charge in [0, 0.05) is 6.07 Å². The minimum absolute atomic E-state index is 0.706. The van der Waals surface area contributed by atoms with Crippen LogP contribution in [0.5, 0.6) is 0 Å². The zero-order valence-electron chi connectivity index (χ0n) is 4.00. The lowest BCUT2D eigenvalue weighted by atomic mass is 10.5. The van der Waals surface area contributed by atoms with Crippen molar-refractivity contribution in [2.75, 3.05) is 0 Å². The van der Waals surface area contributed by atoms with Gasteiger partial charge in [0.1, 0.15) is 6.26 Å². The summed E-state index contributed by atoms with van der Waals surface area (Å²) in [5.41, 5.74) is 0.880. The van der Waals surface area contributed by atoms with Gasteiger partial charge in [0.05, 0.1) is 11.4 Å². The van der Waals surface area contributed by atoms with Crippen molar-refractivity contribution in [3.8, 4) is 0 Å². The van der Waals surface area contributed by atoms with Gasteiger partial charge in [0.2, 0.25) is 0 Å². The molecule has 0 amide bonds. The second-order valence-corrected chi connectivity index (χ2v) is 2.41. The normalized spacial score (nSPS) is 9.62. The van der Waals surface area contributed by atoms with E-state index in [9.17, 15) is 0 Å². The Balaban J connectivity index is 2.50.